The van der Waals surface area contributed by atoms with Gasteiger partial charge in [-0.2, -0.15) is 10.4 Å². The monoisotopic (exact) mass is 315 g/mol. The van der Waals surface area contributed by atoms with Crippen molar-refractivity contribution in [3.05, 3.63) is 29.8 Å². The number of hydrogen-bond donors (Lipinski definition) is 2. The van der Waals surface area contributed by atoms with Gasteiger partial charge in [0.05, 0.1) is 18.7 Å². The Kier molecular flexibility index (Phi) is 7.27. The number of nitrogens with zero attached hydrogens (tertiary/aromatic N) is 3. The second-order valence-electron chi connectivity index (χ2n) is 5.25. The Hall–Kier alpha value is -2.88. The van der Waals surface area contributed by atoms with Crippen LogP contribution in [0.25, 0.3) is 0 Å². The maximum atomic E-state index is 11.4. The lowest BCUT2D eigenvalue weighted by atomic mass is 10.2. The minimum absolute atomic E-state index is 0.109. The summed E-state index contributed by atoms with van der Waals surface area (Å²) in [5.41, 5.74) is 3.94. The molecular formula is C16H21N5O2. The maximum Gasteiger partial charge on any atom is 0.329 e. The largest absolute Gasteiger partial charge is 0.374 e. The third-order valence-corrected chi connectivity index (χ3v) is 2.90. The molecule has 0 fully saturated rings. The lowest BCUT2D eigenvalue weighted by molar-refractivity contribution is -0.139. The van der Waals surface area contributed by atoms with Gasteiger partial charge in [0, 0.05) is 25.3 Å². The third-order valence-electron chi connectivity index (χ3n) is 2.90. The number of hydrogen-bond acceptors (Lipinski definition) is 5. The normalized spacial score (nSPS) is 10.4. The number of rotatable bonds is 6. The molecule has 1 rings (SSSR count). The highest BCUT2D eigenvalue weighted by Gasteiger charge is 2.12. The van der Waals surface area contributed by atoms with Crippen molar-refractivity contribution in [2.24, 2.45) is 5.10 Å². The summed E-state index contributed by atoms with van der Waals surface area (Å²) in [4.78, 5) is 24.8. The van der Waals surface area contributed by atoms with Gasteiger partial charge in [0.25, 0.3) is 0 Å². The number of benzene rings is 1. The molecule has 122 valence electrons. The van der Waals surface area contributed by atoms with Gasteiger partial charge in [0.2, 0.25) is 0 Å². The number of nitrogens with one attached hydrogen (secondary N) is 2. The van der Waals surface area contributed by atoms with E-state index < -0.39 is 11.8 Å². The molecule has 0 aliphatic rings. The van der Waals surface area contributed by atoms with Crippen molar-refractivity contribution in [1.82, 2.24) is 10.7 Å². The zero-order valence-corrected chi connectivity index (χ0v) is 13.5. The van der Waals surface area contributed by atoms with Crippen LogP contribution in [-0.4, -0.2) is 37.7 Å². The smallest absolute Gasteiger partial charge is 0.329 e. The summed E-state index contributed by atoms with van der Waals surface area (Å²) >= 11 is 0. The van der Waals surface area contributed by atoms with Gasteiger partial charge in [0.15, 0.2) is 0 Å². The molecule has 2 N–H and O–H groups in total. The molecule has 1 aromatic carbocycles. The summed E-state index contributed by atoms with van der Waals surface area (Å²) in [6.07, 6.45) is 1.92. The number of carbonyl (C=O) groups excluding carboxylic acids is 2. The van der Waals surface area contributed by atoms with Crippen LogP contribution in [0.3, 0.4) is 0 Å². The van der Waals surface area contributed by atoms with Crippen molar-refractivity contribution in [2.75, 3.05) is 18.5 Å². The van der Waals surface area contributed by atoms with E-state index in [0.717, 1.165) is 11.3 Å². The topological polar surface area (TPSA) is 97.6 Å². The standard InChI is InChI=1S/C16H21N5O2/c1-12(2)19-15(22)16(23)20-18-11-13-5-7-14(8-6-13)21(3)10-4-9-17/h5-8,11-12H,4,10H2,1-3H3,(H,19,22)(H,20,23)/b18-11-. The molecule has 0 spiro atoms. The number of hydrazone groups is 1. The first kappa shape index (κ1) is 18.2. The molecule has 0 aliphatic heterocycles. The third kappa shape index (κ3) is 6.61. The Bertz CT molecular complexity index is 602. The molecule has 0 radical (unpaired) electrons. The van der Waals surface area contributed by atoms with Crippen molar-refractivity contribution < 1.29 is 9.59 Å². The Balaban J connectivity index is 2.53. The number of nitriles is 1. The van der Waals surface area contributed by atoms with Gasteiger partial charge in [-0.1, -0.05) is 12.1 Å². The van der Waals surface area contributed by atoms with Crippen molar-refractivity contribution >= 4 is 23.7 Å². The van der Waals surface area contributed by atoms with Crippen LogP contribution in [0, 0.1) is 11.3 Å². The van der Waals surface area contributed by atoms with Gasteiger partial charge in [0.1, 0.15) is 0 Å². The molecule has 7 heteroatoms. The van der Waals surface area contributed by atoms with Crippen LogP contribution < -0.4 is 15.6 Å². The minimum Gasteiger partial charge on any atom is -0.374 e. The summed E-state index contributed by atoms with van der Waals surface area (Å²) in [5.74, 6) is -1.52. The highest BCUT2D eigenvalue weighted by atomic mass is 16.2. The molecule has 0 atom stereocenters. The van der Waals surface area contributed by atoms with E-state index in [1.54, 1.807) is 13.8 Å². The summed E-state index contributed by atoms with van der Waals surface area (Å²) in [5, 5.41) is 14.8. The van der Waals surface area contributed by atoms with Crippen molar-refractivity contribution in [1.29, 1.82) is 5.26 Å². The Morgan fingerprint density at radius 3 is 2.52 bits per heavy atom. The lowest BCUT2D eigenvalue weighted by Gasteiger charge is -2.17. The van der Waals surface area contributed by atoms with Crippen LogP contribution in [0.15, 0.2) is 29.4 Å². The molecule has 0 aliphatic carbocycles. The number of amides is 2. The molecule has 23 heavy (non-hydrogen) atoms. The van der Waals surface area contributed by atoms with Crippen LogP contribution in [0.4, 0.5) is 5.69 Å². The predicted molar refractivity (Wildman–Crippen MR) is 89.0 cm³/mol. The molecule has 0 aromatic heterocycles. The number of carbonyl (C=O) groups is 2. The molecule has 7 nitrogen and oxygen atoms in total. The molecule has 0 heterocycles. The van der Waals surface area contributed by atoms with E-state index in [-0.39, 0.29) is 6.04 Å². The Morgan fingerprint density at radius 1 is 1.30 bits per heavy atom. The maximum absolute atomic E-state index is 11.4. The van der Waals surface area contributed by atoms with Crippen LogP contribution >= 0.6 is 0 Å². The van der Waals surface area contributed by atoms with Crippen molar-refractivity contribution in [3.8, 4) is 6.07 Å². The van der Waals surface area contributed by atoms with Gasteiger partial charge in [-0.15, -0.1) is 0 Å². The van der Waals surface area contributed by atoms with Gasteiger partial charge in [-0.05, 0) is 31.5 Å². The zero-order valence-electron chi connectivity index (χ0n) is 13.5. The van der Waals surface area contributed by atoms with Gasteiger partial charge in [-0.25, -0.2) is 5.43 Å². The summed E-state index contributed by atoms with van der Waals surface area (Å²) < 4.78 is 0. The molecule has 0 saturated heterocycles. The van der Waals surface area contributed by atoms with Gasteiger partial charge < -0.3 is 10.2 Å². The molecule has 0 unspecified atom stereocenters. The van der Waals surface area contributed by atoms with Crippen molar-refractivity contribution in [2.45, 2.75) is 26.3 Å². The Morgan fingerprint density at radius 2 is 1.96 bits per heavy atom. The van der Waals surface area contributed by atoms with Gasteiger partial charge >= 0.3 is 11.8 Å². The van der Waals surface area contributed by atoms with Crippen molar-refractivity contribution in [3.63, 3.8) is 0 Å². The van der Waals surface area contributed by atoms with E-state index in [0.29, 0.717) is 13.0 Å². The fourth-order valence-electron chi connectivity index (χ4n) is 1.71. The summed E-state index contributed by atoms with van der Waals surface area (Å²) in [6, 6.07) is 9.46. The average Bonchev–Trinajstić information content (AvgIpc) is 2.52. The second-order valence-corrected chi connectivity index (χ2v) is 5.25. The van der Waals surface area contributed by atoms with E-state index in [1.165, 1.54) is 6.21 Å². The summed E-state index contributed by atoms with van der Waals surface area (Å²) in [6.45, 7) is 4.19. The van der Waals surface area contributed by atoms with Gasteiger partial charge in [-0.3, -0.25) is 9.59 Å². The van der Waals surface area contributed by atoms with E-state index in [1.807, 2.05) is 36.2 Å². The quantitative estimate of drug-likeness (QED) is 0.465. The van der Waals surface area contributed by atoms with Crippen LogP contribution in [0.1, 0.15) is 25.8 Å². The molecule has 2 amide bonds. The minimum atomic E-state index is -0.803. The number of anilines is 1. The first-order valence-electron chi connectivity index (χ1n) is 7.26. The van der Waals surface area contributed by atoms with E-state index >= 15 is 0 Å². The molecule has 0 saturated carbocycles. The lowest BCUT2D eigenvalue weighted by Crippen LogP contribution is -2.41. The Labute approximate surface area is 136 Å². The fraction of sp³-hybridized carbons (Fsp3) is 0.375. The predicted octanol–water partition coefficient (Wildman–Crippen LogP) is 1.01. The highest BCUT2D eigenvalue weighted by Crippen LogP contribution is 2.13. The highest BCUT2D eigenvalue weighted by molar-refractivity contribution is 6.35. The second kappa shape index (κ2) is 9.20. The SMILES string of the molecule is CC(C)NC(=O)C(=O)N/N=C\c1ccc(N(C)CCC#N)cc1. The molecular weight excluding hydrogens is 294 g/mol. The average molecular weight is 315 g/mol. The van der Waals surface area contributed by atoms with E-state index in [2.05, 4.69) is 21.9 Å². The molecule has 1 aromatic rings. The van der Waals surface area contributed by atoms with E-state index in [9.17, 15) is 9.59 Å². The summed E-state index contributed by atoms with van der Waals surface area (Å²) in [7, 11) is 1.91. The van der Waals surface area contributed by atoms with Crippen LogP contribution in [0.5, 0.6) is 0 Å². The first-order valence-corrected chi connectivity index (χ1v) is 7.26. The fourth-order valence-corrected chi connectivity index (χ4v) is 1.71. The zero-order chi connectivity index (χ0) is 17.2. The van der Waals surface area contributed by atoms with Crippen LogP contribution in [0.2, 0.25) is 0 Å². The first-order chi connectivity index (χ1) is 10.9. The molecule has 0 bridgehead atoms. The van der Waals surface area contributed by atoms with E-state index in [4.69, 9.17) is 5.26 Å². The van der Waals surface area contributed by atoms with Crippen LogP contribution in [-0.2, 0) is 9.59 Å².